The topological polar surface area (TPSA) is 20.2 Å². The Morgan fingerprint density at radius 1 is 1.60 bits per heavy atom. The molecule has 0 rings (SSSR count). The van der Waals surface area contributed by atoms with E-state index in [0.717, 1.165) is 6.42 Å². The lowest BCUT2D eigenvalue weighted by atomic mass is 9.82. The molecule has 0 saturated heterocycles. The summed E-state index contributed by atoms with van der Waals surface area (Å²) >= 11 is 0. The second-order valence-electron chi connectivity index (χ2n) is 3.38. The Morgan fingerprint density at radius 2 is 2.10 bits per heavy atom. The molecule has 0 fully saturated rings. The van der Waals surface area contributed by atoms with Crippen molar-refractivity contribution in [2.75, 3.05) is 0 Å². The number of aliphatic hydroxyl groups is 1. The summed E-state index contributed by atoms with van der Waals surface area (Å²) in [6.45, 7) is 9.82. The van der Waals surface area contributed by atoms with Crippen LogP contribution in [0.3, 0.4) is 0 Å². The second-order valence-corrected chi connectivity index (χ2v) is 3.38. The van der Waals surface area contributed by atoms with Gasteiger partial charge in [-0.25, -0.2) is 0 Å². The molecule has 1 atom stereocenters. The Balaban J connectivity index is 3.89. The van der Waals surface area contributed by atoms with Gasteiger partial charge in [0.05, 0.1) is 6.10 Å². The fourth-order valence-electron chi connectivity index (χ4n) is 0.713. The average molecular weight is 142 g/mol. The van der Waals surface area contributed by atoms with Gasteiger partial charge in [0.2, 0.25) is 0 Å². The summed E-state index contributed by atoms with van der Waals surface area (Å²) in [5.41, 5.74) is 0.0359. The lowest BCUT2D eigenvalue weighted by Crippen LogP contribution is -2.27. The molecule has 1 heteroatoms. The van der Waals surface area contributed by atoms with Crippen molar-refractivity contribution in [1.29, 1.82) is 0 Å². The minimum atomic E-state index is -0.241. The Kier molecular flexibility index (Phi) is 3.66. The number of rotatable bonds is 4. The Bertz CT molecular complexity index is 105. The summed E-state index contributed by atoms with van der Waals surface area (Å²) in [6.07, 6.45) is 3.22. The smallest absolute Gasteiger partial charge is 0.0625 e. The molecule has 0 aromatic carbocycles. The molecule has 0 aliphatic heterocycles. The molecule has 10 heavy (non-hydrogen) atoms. The third kappa shape index (κ3) is 2.53. The highest BCUT2D eigenvalue weighted by molar-refractivity contribution is 4.82. The van der Waals surface area contributed by atoms with Crippen LogP contribution in [0.5, 0.6) is 0 Å². The SMILES string of the molecule is C=CCC(O)C(C)(C)CC. The third-order valence-corrected chi connectivity index (χ3v) is 2.20. The maximum absolute atomic E-state index is 9.51. The van der Waals surface area contributed by atoms with E-state index in [4.69, 9.17) is 0 Å². The summed E-state index contributed by atoms with van der Waals surface area (Å²) in [5.74, 6) is 0. The van der Waals surface area contributed by atoms with Gasteiger partial charge in [0.1, 0.15) is 0 Å². The van der Waals surface area contributed by atoms with Gasteiger partial charge in [0.25, 0.3) is 0 Å². The fraction of sp³-hybridized carbons (Fsp3) is 0.778. The molecule has 0 aromatic rings. The lowest BCUT2D eigenvalue weighted by molar-refractivity contribution is 0.0502. The predicted octanol–water partition coefficient (Wildman–Crippen LogP) is 2.36. The maximum Gasteiger partial charge on any atom is 0.0625 e. The highest BCUT2D eigenvalue weighted by atomic mass is 16.3. The molecule has 0 aromatic heterocycles. The summed E-state index contributed by atoms with van der Waals surface area (Å²) in [7, 11) is 0. The quantitative estimate of drug-likeness (QED) is 0.597. The molecule has 0 radical (unpaired) electrons. The average Bonchev–Trinajstić information content (AvgIpc) is 1.89. The van der Waals surface area contributed by atoms with Gasteiger partial charge in [-0.3, -0.25) is 0 Å². The van der Waals surface area contributed by atoms with E-state index < -0.39 is 0 Å². The highest BCUT2D eigenvalue weighted by Crippen LogP contribution is 2.26. The zero-order valence-electron chi connectivity index (χ0n) is 7.22. The first-order valence-electron chi connectivity index (χ1n) is 3.83. The van der Waals surface area contributed by atoms with Crippen molar-refractivity contribution in [3.05, 3.63) is 12.7 Å². The number of aliphatic hydroxyl groups excluding tert-OH is 1. The van der Waals surface area contributed by atoms with E-state index in [1.54, 1.807) is 6.08 Å². The molecule has 0 amide bonds. The van der Waals surface area contributed by atoms with E-state index in [-0.39, 0.29) is 11.5 Å². The largest absolute Gasteiger partial charge is 0.392 e. The van der Waals surface area contributed by atoms with Crippen LogP contribution < -0.4 is 0 Å². The van der Waals surface area contributed by atoms with Gasteiger partial charge in [-0.15, -0.1) is 6.58 Å². The number of hydrogen-bond acceptors (Lipinski definition) is 1. The fourth-order valence-corrected chi connectivity index (χ4v) is 0.713. The summed E-state index contributed by atoms with van der Waals surface area (Å²) in [4.78, 5) is 0. The lowest BCUT2D eigenvalue weighted by Gasteiger charge is -2.28. The van der Waals surface area contributed by atoms with Crippen LogP contribution in [0.2, 0.25) is 0 Å². The molecule has 0 heterocycles. The molecule has 1 unspecified atom stereocenters. The molecular formula is C9H18O. The Labute approximate surface area is 63.8 Å². The second kappa shape index (κ2) is 3.77. The maximum atomic E-state index is 9.51. The van der Waals surface area contributed by atoms with Crippen LogP contribution in [-0.4, -0.2) is 11.2 Å². The van der Waals surface area contributed by atoms with E-state index in [9.17, 15) is 5.11 Å². The van der Waals surface area contributed by atoms with Crippen molar-refractivity contribution in [2.45, 2.75) is 39.7 Å². The van der Waals surface area contributed by atoms with Crippen molar-refractivity contribution >= 4 is 0 Å². The zero-order chi connectivity index (χ0) is 8.20. The molecule has 60 valence electrons. The van der Waals surface area contributed by atoms with Crippen LogP contribution in [0.15, 0.2) is 12.7 Å². The van der Waals surface area contributed by atoms with Crippen molar-refractivity contribution in [3.63, 3.8) is 0 Å². The number of hydrogen-bond donors (Lipinski definition) is 1. The predicted molar refractivity (Wildman–Crippen MR) is 44.9 cm³/mol. The molecule has 0 saturated carbocycles. The van der Waals surface area contributed by atoms with Gasteiger partial charge in [-0.1, -0.05) is 26.8 Å². The first-order valence-corrected chi connectivity index (χ1v) is 3.83. The summed E-state index contributed by atoms with van der Waals surface area (Å²) < 4.78 is 0. The monoisotopic (exact) mass is 142 g/mol. The molecule has 1 N–H and O–H groups in total. The van der Waals surface area contributed by atoms with E-state index >= 15 is 0 Å². The van der Waals surface area contributed by atoms with Crippen molar-refractivity contribution < 1.29 is 5.11 Å². The summed E-state index contributed by atoms with van der Waals surface area (Å²) in [5, 5.41) is 9.51. The molecule has 0 spiro atoms. The van der Waals surface area contributed by atoms with Crippen LogP contribution in [0.1, 0.15) is 33.6 Å². The van der Waals surface area contributed by atoms with Crippen molar-refractivity contribution in [1.82, 2.24) is 0 Å². The van der Waals surface area contributed by atoms with Crippen LogP contribution in [-0.2, 0) is 0 Å². The van der Waals surface area contributed by atoms with Crippen LogP contribution in [0.25, 0.3) is 0 Å². The standard InChI is InChI=1S/C9H18O/c1-5-7-8(10)9(3,4)6-2/h5,8,10H,1,6-7H2,2-4H3. The van der Waals surface area contributed by atoms with Crippen LogP contribution in [0.4, 0.5) is 0 Å². The highest BCUT2D eigenvalue weighted by Gasteiger charge is 2.23. The minimum absolute atomic E-state index is 0.0359. The van der Waals surface area contributed by atoms with Crippen LogP contribution >= 0.6 is 0 Å². The first kappa shape index (κ1) is 9.70. The summed E-state index contributed by atoms with van der Waals surface area (Å²) in [6, 6.07) is 0. The first-order chi connectivity index (χ1) is 4.54. The Hall–Kier alpha value is -0.300. The van der Waals surface area contributed by atoms with E-state index in [2.05, 4.69) is 27.4 Å². The minimum Gasteiger partial charge on any atom is -0.392 e. The molecule has 1 nitrogen and oxygen atoms in total. The third-order valence-electron chi connectivity index (χ3n) is 2.20. The normalized spacial score (nSPS) is 14.8. The van der Waals surface area contributed by atoms with Crippen molar-refractivity contribution in [3.8, 4) is 0 Å². The molecular weight excluding hydrogens is 124 g/mol. The van der Waals surface area contributed by atoms with Gasteiger partial charge in [-0.05, 0) is 18.3 Å². The van der Waals surface area contributed by atoms with Gasteiger partial charge < -0.3 is 5.11 Å². The van der Waals surface area contributed by atoms with Crippen molar-refractivity contribution in [2.24, 2.45) is 5.41 Å². The van der Waals surface area contributed by atoms with E-state index in [0.29, 0.717) is 6.42 Å². The van der Waals surface area contributed by atoms with E-state index in [1.807, 2.05) is 0 Å². The van der Waals surface area contributed by atoms with E-state index in [1.165, 1.54) is 0 Å². The molecule has 0 aliphatic rings. The zero-order valence-corrected chi connectivity index (χ0v) is 7.22. The molecule has 0 bridgehead atoms. The van der Waals surface area contributed by atoms with Gasteiger partial charge >= 0.3 is 0 Å². The van der Waals surface area contributed by atoms with Gasteiger partial charge in [0, 0.05) is 0 Å². The molecule has 0 aliphatic carbocycles. The Morgan fingerprint density at radius 3 is 2.40 bits per heavy atom. The van der Waals surface area contributed by atoms with Gasteiger partial charge in [-0.2, -0.15) is 0 Å². The van der Waals surface area contributed by atoms with Crippen LogP contribution in [0, 0.1) is 5.41 Å². The van der Waals surface area contributed by atoms with Gasteiger partial charge in [0.15, 0.2) is 0 Å².